The van der Waals surface area contributed by atoms with E-state index >= 15 is 0 Å². The molecule has 0 unspecified atom stereocenters. The van der Waals surface area contributed by atoms with Gasteiger partial charge in [0.2, 0.25) is 11.8 Å². The van der Waals surface area contributed by atoms with Gasteiger partial charge in [-0.2, -0.15) is 9.37 Å². The van der Waals surface area contributed by atoms with Crippen LogP contribution in [0, 0.1) is 5.95 Å². The Bertz CT molecular complexity index is 476. The van der Waals surface area contributed by atoms with Gasteiger partial charge in [0.25, 0.3) is 0 Å². The predicted octanol–water partition coefficient (Wildman–Crippen LogP) is 1.69. The smallest absolute Gasteiger partial charge is 0.216 e. The zero-order valence-electron chi connectivity index (χ0n) is 8.01. The Morgan fingerprint density at radius 1 is 1.20 bits per heavy atom. The second-order valence-electron chi connectivity index (χ2n) is 2.77. The summed E-state index contributed by atoms with van der Waals surface area (Å²) in [5, 5.41) is 0. The molecule has 0 aromatic carbocycles. The molecule has 0 aliphatic heterocycles. The first-order valence-corrected chi connectivity index (χ1v) is 4.29. The first kappa shape index (κ1) is 9.51. The largest absolute Gasteiger partial charge is 0.481 e. The van der Waals surface area contributed by atoms with Crippen LogP contribution in [-0.2, 0) is 0 Å². The summed E-state index contributed by atoms with van der Waals surface area (Å²) in [7, 11) is 1.51. The number of hydrogen-bond donors (Lipinski definition) is 0. The van der Waals surface area contributed by atoms with E-state index in [4.69, 9.17) is 4.74 Å². The quantitative estimate of drug-likeness (QED) is 0.700. The van der Waals surface area contributed by atoms with Crippen molar-refractivity contribution in [1.82, 2.24) is 15.0 Å². The fraction of sp³-hybridized carbons (Fsp3) is 0.100. The molecule has 0 spiro atoms. The number of nitrogens with zero attached hydrogens (tertiary/aromatic N) is 3. The third-order valence-corrected chi connectivity index (χ3v) is 1.78. The number of halogens is 1. The molecule has 0 aliphatic carbocycles. The van der Waals surface area contributed by atoms with Crippen LogP contribution >= 0.6 is 0 Å². The number of methoxy groups -OCH3 is 1. The van der Waals surface area contributed by atoms with E-state index < -0.39 is 5.95 Å². The average Bonchev–Trinajstić information content (AvgIpc) is 2.29. The van der Waals surface area contributed by atoms with Crippen LogP contribution in [0.2, 0.25) is 0 Å². The van der Waals surface area contributed by atoms with E-state index in [2.05, 4.69) is 15.0 Å². The van der Waals surface area contributed by atoms with E-state index in [9.17, 15) is 4.39 Å². The number of ether oxygens (including phenoxy) is 1. The summed E-state index contributed by atoms with van der Waals surface area (Å²) in [4.78, 5) is 11.6. The highest BCUT2D eigenvalue weighted by Gasteiger charge is 2.04. The Labute approximate surface area is 85.8 Å². The first-order valence-electron chi connectivity index (χ1n) is 4.29. The van der Waals surface area contributed by atoms with Gasteiger partial charge in [0, 0.05) is 18.3 Å². The summed E-state index contributed by atoms with van der Waals surface area (Å²) < 4.78 is 17.8. The Hall–Kier alpha value is -2.04. The second-order valence-corrected chi connectivity index (χ2v) is 2.77. The number of hydrogen-bond acceptors (Lipinski definition) is 4. The summed E-state index contributed by atoms with van der Waals surface area (Å²) in [5.74, 6) is 0.110. The summed E-state index contributed by atoms with van der Waals surface area (Å²) >= 11 is 0. The van der Waals surface area contributed by atoms with Crippen molar-refractivity contribution in [2.24, 2.45) is 0 Å². The maximum atomic E-state index is 12.8. The lowest BCUT2D eigenvalue weighted by Crippen LogP contribution is -1.95. The van der Waals surface area contributed by atoms with Crippen molar-refractivity contribution < 1.29 is 9.13 Å². The van der Waals surface area contributed by atoms with Crippen molar-refractivity contribution in [3.05, 3.63) is 36.4 Å². The molecule has 0 amide bonds. The van der Waals surface area contributed by atoms with E-state index in [0.717, 1.165) is 0 Å². The minimum absolute atomic E-state index is 0.244. The molecular formula is C10H8FN3O. The molecule has 4 nitrogen and oxygen atoms in total. The molecule has 0 fully saturated rings. The van der Waals surface area contributed by atoms with Gasteiger partial charge in [0.05, 0.1) is 7.11 Å². The monoisotopic (exact) mass is 205 g/mol. The molecule has 2 aromatic heterocycles. The van der Waals surface area contributed by atoms with Gasteiger partial charge in [0.1, 0.15) is 5.69 Å². The van der Waals surface area contributed by atoms with Crippen LogP contribution in [0.15, 0.2) is 30.5 Å². The lowest BCUT2D eigenvalue weighted by atomic mass is 10.3. The maximum absolute atomic E-state index is 12.8. The molecule has 0 radical (unpaired) electrons. The molecular weight excluding hydrogens is 197 g/mol. The summed E-state index contributed by atoms with van der Waals surface area (Å²) in [6.07, 6.45) is 1.35. The highest BCUT2D eigenvalue weighted by Crippen LogP contribution is 2.15. The molecule has 0 saturated carbocycles. The zero-order valence-corrected chi connectivity index (χ0v) is 8.01. The van der Waals surface area contributed by atoms with Gasteiger partial charge in [-0.1, -0.05) is 6.07 Å². The van der Waals surface area contributed by atoms with Crippen LogP contribution in [0.3, 0.4) is 0 Å². The summed E-state index contributed by atoms with van der Waals surface area (Å²) in [5.41, 5.74) is 0.480. The SMILES string of the molecule is COc1cccc(-c2nccc(F)n2)n1. The molecule has 0 N–H and O–H groups in total. The molecule has 0 atom stereocenters. The first-order chi connectivity index (χ1) is 7.29. The number of aromatic nitrogens is 3. The highest BCUT2D eigenvalue weighted by molar-refractivity contribution is 5.49. The lowest BCUT2D eigenvalue weighted by molar-refractivity contribution is 0.398. The highest BCUT2D eigenvalue weighted by atomic mass is 19.1. The van der Waals surface area contributed by atoms with Crippen molar-refractivity contribution in [3.8, 4) is 17.4 Å². The van der Waals surface area contributed by atoms with Crippen molar-refractivity contribution in [2.75, 3.05) is 7.11 Å². The second kappa shape index (κ2) is 4.00. The van der Waals surface area contributed by atoms with Crippen LogP contribution < -0.4 is 4.74 Å². The maximum Gasteiger partial charge on any atom is 0.216 e. The molecule has 0 saturated heterocycles. The van der Waals surface area contributed by atoms with Gasteiger partial charge < -0.3 is 4.74 Å². The molecule has 2 rings (SSSR count). The van der Waals surface area contributed by atoms with Gasteiger partial charge in [-0.3, -0.25) is 0 Å². The lowest BCUT2D eigenvalue weighted by Gasteiger charge is -2.01. The molecule has 2 heterocycles. The Balaban J connectivity index is 2.44. The van der Waals surface area contributed by atoms with E-state index in [-0.39, 0.29) is 5.82 Å². The van der Waals surface area contributed by atoms with E-state index in [1.165, 1.54) is 19.4 Å². The molecule has 76 valence electrons. The normalized spacial score (nSPS) is 10.0. The third-order valence-electron chi connectivity index (χ3n) is 1.78. The fourth-order valence-electron chi connectivity index (χ4n) is 1.11. The van der Waals surface area contributed by atoms with E-state index in [1.807, 2.05) is 0 Å². The van der Waals surface area contributed by atoms with E-state index in [0.29, 0.717) is 11.6 Å². The molecule has 2 aromatic rings. The fourth-order valence-corrected chi connectivity index (χ4v) is 1.11. The van der Waals surface area contributed by atoms with Crippen molar-refractivity contribution in [2.45, 2.75) is 0 Å². The molecule has 0 bridgehead atoms. The minimum atomic E-state index is -0.579. The Morgan fingerprint density at radius 2 is 2.07 bits per heavy atom. The van der Waals surface area contributed by atoms with Gasteiger partial charge in [-0.15, -0.1) is 0 Å². The third kappa shape index (κ3) is 2.07. The topological polar surface area (TPSA) is 47.9 Å². The Kier molecular flexibility index (Phi) is 2.53. The summed E-state index contributed by atoms with van der Waals surface area (Å²) in [6.45, 7) is 0. The van der Waals surface area contributed by atoms with Gasteiger partial charge in [-0.05, 0) is 6.07 Å². The minimum Gasteiger partial charge on any atom is -0.481 e. The average molecular weight is 205 g/mol. The van der Waals surface area contributed by atoms with E-state index in [1.54, 1.807) is 18.2 Å². The van der Waals surface area contributed by atoms with Crippen LogP contribution in [0.25, 0.3) is 11.5 Å². The van der Waals surface area contributed by atoms with Gasteiger partial charge >= 0.3 is 0 Å². The van der Waals surface area contributed by atoms with Crippen LogP contribution in [0.4, 0.5) is 4.39 Å². The van der Waals surface area contributed by atoms with Crippen LogP contribution in [0.5, 0.6) is 5.88 Å². The predicted molar refractivity (Wildman–Crippen MR) is 51.8 cm³/mol. The van der Waals surface area contributed by atoms with Gasteiger partial charge in [0.15, 0.2) is 5.82 Å². The van der Waals surface area contributed by atoms with Crippen molar-refractivity contribution in [1.29, 1.82) is 0 Å². The van der Waals surface area contributed by atoms with Crippen LogP contribution in [-0.4, -0.2) is 22.1 Å². The molecule has 0 aliphatic rings. The zero-order chi connectivity index (χ0) is 10.7. The molecule has 15 heavy (non-hydrogen) atoms. The number of rotatable bonds is 2. The summed E-state index contributed by atoms with van der Waals surface area (Å²) in [6, 6.07) is 6.32. The standard InChI is InChI=1S/C10H8FN3O/c1-15-9-4-2-3-7(13-9)10-12-6-5-8(11)14-10/h2-6H,1H3. The Morgan fingerprint density at radius 3 is 2.80 bits per heavy atom. The van der Waals surface area contributed by atoms with Crippen LogP contribution in [0.1, 0.15) is 0 Å². The molecule has 5 heteroatoms. The van der Waals surface area contributed by atoms with Gasteiger partial charge in [-0.25, -0.2) is 9.97 Å². The number of pyridine rings is 1. The van der Waals surface area contributed by atoms with Crippen molar-refractivity contribution >= 4 is 0 Å². The van der Waals surface area contributed by atoms with Crippen molar-refractivity contribution in [3.63, 3.8) is 0 Å².